The first-order valence-electron chi connectivity index (χ1n) is 15.0. The normalized spacial score (nSPS) is 28.0. The van der Waals surface area contributed by atoms with Crippen LogP contribution in [0.3, 0.4) is 0 Å². The van der Waals surface area contributed by atoms with Crippen molar-refractivity contribution in [1.82, 2.24) is 10.2 Å². The average Bonchev–Trinajstić information content (AvgIpc) is 3.36. The Kier molecular flexibility index (Phi) is 9.53. The van der Waals surface area contributed by atoms with Crippen LogP contribution in [0.4, 0.5) is 0 Å². The van der Waals surface area contributed by atoms with Crippen LogP contribution in [0.15, 0.2) is 30.3 Å². The summed E-state index contributed by atoms with van der Waals surface area (Å²) in [6, 6.07) is 7.03. The molecule has 1 aromatic carbocycles. The van der Waals surface area contributed by atoms with Crippen molar-refractivity contribution in [3.63, 3.8) is 0 Å². The Morgan fingerprint density at radius 3 is 2.49 bits per heavy atom. The van der Waals surface area contributed by atoms with Gasteiger partial charge in [0.1, 0.15) is 28.0 Å². The van der Waals surface area contributed by atoms with E-state index in [2.05, 4.69) is 26.1 Å². The van der Waals surface area contributed by atoms with Gasteiger partial charge in [-0.1, -0.05) is 58.0 Å². The molecule has 0 spiro atoms. The molecule has 0 aromatic heterocycles. The zero-order chi connectivity index (χ0) is 30.0. The minimum absolute atomic E-state index is 0.0533. The molecule has 3 fully saturated rings. The molecule has 10 heteroatoms. The van der Waals surface area contributed by atoms with Gasteiger partial charge in [-0.25, -0.2) is 13.2 Å². The molecule has 9 nitrogen and oxygen atoms in total. The molecule has 1 aromatic rings. The quantitative estimate of drug-likeness (QED) is 0.338. The molecule has 1 aliphatic heterocycles. The van der Waals surface area contributed by atoms with Gasteiger partial charge in [-0.3, -0.25) is 9.59 Å². The number of carbonyl (C=O) groups is 3. The number of nitrogens with one attached hydrogen (secondary N) is 1. The first kappa shape index (κ1) is 31.5. The molecule has 6 unspecified atom stereocenters. The maximum absolute atomic E-state index is 13.6. The number of rotatable bonds is 13. The number of sulfone groups is 1. The van der Waals surface area contributed by atoms with E-state index in [1.165, 1.54) is 18.2 Å². The van der Waals surface area contributed by atoms with Crippen molar-refractivity contribution in [1.29, 1.82) is 0 Å². The molecule has 2 amide bonds. The van der Waals surface area contributed by atoms with Gasteiger partial charge in [0, 0.05) is 18.7 Å². The third-order valence-corrected chi connectivity index (χ3v) is 12.0. The summed E-state index contributed by atoms with van der Waals surface area (Å²) in [6.07, 6.45) is 2.71. The molecular weight excluding hydrogens is 544 g/mol. The molecule has 1 saturated heterocycles. The van der Waals surface area contributed by atoms with Crippen LogP contribution in [0.25, 0.3) is 0 Å². The summed E-state index contributed by atoms with van der Waals surface area (Å²) in [5.41, 5.74) is 1.46. The maximum atomic E-state index is 13.6. The zero-order valence-corrected chi connectivity index (χ0v) is 25.6. The summed E-state index contributed by atoms with van der Waals surface area (Å²) < 4.78 is 30.1. The SMILES string of the molecule is CCS(=O)(=O)CCC(NC(=O)C(O)Cc1ccccc1)C(=O)N1CCCC1C(=O)OCCC1CCC2(C)C1C2(C)C. The largest absolute Gasteiger partial charge is 0.464 e. The Hall–Kier alpha value is -2.46. The molecule has 41 heavy (non-hydrogen) atoms. The Balaban J connectivity index is 1.36. The smallest absolute Gasteiger partial charge is 0.328 e. The number of likely N-dealkylation sites (tertiary alicyclic amines) is 1. The highest BCUT2D eigenvalue weighted by molar-refractivity contribution is 7.91. The van der Waals surface area contributed by atoms with Crippen LogP contribution in [0.2, 0.25) is 0 Å². The van der Waals surface area contributed by atoms with E-state index in [1.807, 2.05) is 6.07 Å². The number of carbonyl (C=O) groups excluding carboxylic acids is 3. The minimum Gasteiger partial charge on any atom is -0.464 e. The molecule has 0 bridgehead atoms. The van der Waals surface area contributed by atoms with Crippen molar-refractivity contribution < 1.29 is 32.6 Å². The second-order valence-electron chi connectivity index (χ2n) is 12.9. The van der Waals surface area contributed by atoms with Gasteiger partial charge in [-0.05, 0) is 66.8 Å². The summed E-state index contributed by atoms with van der Waals surface area (Å²) in [6.45, 7) is 9.14. The third-order valence-electron chi connectivity index (χ3n) is 10.2. The molecule has 3 aliphatic rings. The summed E-state index contributed by atoms with van der Waals surface area (Å²) in [7, 11) is -3.42. The second-order valence-corrected chi connectivity index (χ2v) is 15.3. The minimum atomic E-state index is -3.42. The number of aliphatic hydroxyl groups is 1. The zero-order valence-electron chi connectivity index (χ0n) is 24.8. The first-order chi connectivity index (χ1) is 19.3. The predicted octanol–water partition coefficient (Wildman–Crippen LogP) is 2.90. The highest BCUT2D eigenvalue weighted by atomic mass is 32.2. The van der Waals surface area contributed by atoms with Crippen LogP contribution in [0, 0.1) is 22.7 Å². The van der Waals surface area contributed by atoms with Gasteiger partial charge in [0.05, 0.1) is 12.4 Å². The predicted molar refractivity (Wildman–Crippen MR) is 155 cm³/mol. The summed E-state index contributed by atoms with van der Waals surface area (Å²) >= 11 is 0. The molecule has 2 N–H and O–H groups in total. The Morgan fingerprint density at radius 1 is 1.15 bits per heavy atom. The van der Waals surface area contributed by atoms with Crippen molar-refractivity contribution in [2.24, 2.45) is 22.7 Å². The van der Waals surface area contributed by atoms with Gasteiger partial charge in [-0.2, -0.15) is 0 Å². The summed E-state index contributed by atoms with van der Waals surface area (Å²) in [5.74, 6) is -0.938. The van der Waals surface area contributed by atoms with Crippen LogP contribution in [0.5, 0.6) is 0 Å². The molecule has 2 aliphatic carbocycles. The lowest BCUT2D eigenvalue weighted by Crippen LogP contribution is -2.54. The van der Waals surface area contributed by atoms with Gasteiger partial charge in [-0.15, -0.1) is 0 Å². The number of ether oxygens (including phenoxy) is 1. The summed E-state index contributed by atoms with van der Waals surface area (Å²) in [5, 5.41) is 13.1. The molecule has 228 valence electrons. The van der Waals surface area contributed by atoms with Crippen molar-refractivity contribution in [3.8, 4) is 0 Å². The standard InChI is InChI=1S/C31H46N2O7S/c1-5-41(38,39)19-15-23(32-27(35)25(34)20-21-10-7-6-8-11-21)28(36)33-17-9-12-24(33)29(37)40-18-14-22-13-16-31(4)26(22)30(31,2)3/h6-8,10-11,22-26,34H,5,9,12-20H2,1-4H3,(H,32,35). The second kappa shape index (κ2) is 12.4. The fourth-order valence-corrected chi connectivity index (χ4v) is 8.33. The number of aliphatic hydroxyl groups excluding tert-OH is 1. The molecule has 1 heterocycles. The average molecular weight is 591 g/mol. The van der Waals surface area contributed by atoms with E-state index in [0.29, 0.717) is 48.7 Å². The summed E-state index contributed by atoms with van der Waals surface area (Å²) in [4.78, 5) is 41.0. The third kappa shape index (κ3) is 6.79. The van der Waals surface area contributed by atoms with E-state index in [9.17, 15) is 27.9 Å². The van der Waals surface area contributed by atoms with E-state index >= 15 is 0 Å². The number of fused-ring (bicyclic) bond motifs is 1. The number of nitrogens with zero attached hydrogens (tertiary/aromatic N) is 1. The van der Waals surface area contributed by atoms with E-state index in [0.717, 1.165) is 18.4 Å². The molecular formula is C31H46N2O7S. The van der Waals surface area contributed by atoms with Crippen molar-refractivity contribution in [2.75, 3.05) is 24.7 Å². The van der Waals surface area contributed by atoms with E-state index < -0.39 is 45.8 Å². The van der Waals surface area contributed by atoms with Gasteiger partial charge in [0.15, 0.2) is 0 Å². The number of benzene rings is 1. The first-order valence-corrected chi connectivity index (χ1v) is 16.8. The molecule has 4 rings (SSSR count). The van der Waals surface area contributed by atoms with Gasteiger partial charge < -0.3 is 20.1 Å². The number of esters is 1. The fourth-order valence-electron chi connectivity index (χ4n) is 7.45. The number of hydrogen-bond donors (Lipinski definition) is 2. The Labute approximate surface area is 244 Å². The fraction of sp³-hybridized carbons (Fsp3) is 0.710. The Morgan fingerprint density at radius 2 is 1.85 bits per heavy atom. The highest BCUT2D eigenvalue weighted by Gasteiger charge is 2.72. The van der Waals surface area contributed by atoms with Crippen molar-refractivity contribution in [3.05, 3.63) is 35.9 Å². The molecule has 6 atom stereocenters. The van der Waals surface area contributed by atoms with E-state index in [-0.39, 0.29) is 24.3 Å². The maximum Gasteiger partial charge on any atom is 0.328 e. The van der Waals surface area contributed by atoms with Crippen LogP contribution < -0.4 is 5.32 Å². The lowest BCUT2D eigenvalue weighted by atomic mass is 9.88. The number of hydrogen-bond acceptors (Lipinski definition) is 7. The highest BCUT2D eigenvalue weighted by Crippen LogP contribution is 2.78. The van der Waals surface area contributed by atoms with Gasteiger partial charge >= 0.3 is 5.97 Å². The lowest BCUT2D eigenvalue weighted by molar-refractivity contribution is -0.154. The van der Waals surface area contributed by atoms with Crippen LogP contribution >= 0.6 is 0 Å². The van der Waals surface area contributed by atoms with Crippen LogP contribution in [0.1, 0.15) is 71.8 Å². The number of amides is 2. The Bertz CT molecular complexity index is 1220. The molecule has 2 saturated carbocycles. The van der Waals surface area contributed by atoms with E-state index in [4.69, 9.17) is 4.74 Å². The lowest BCUT2D eigenvalue weighted by Gasteiger charge is -2.29. The monoisotopic (exact) mass is 590 g/mol. The van der Waals surface area contributed by atoms with Gasteiger partial charge in [0.2, 0.25) is 11.8 Å². The van der Waals surface area contributed by atoms with Crippen molar-refractivity contribution >= 4 is 27.6 Å². The van der Waals surface area contributed by atoms with Crippen LogP contribution in [-0.2, 0) is 35.4 Å². The van der Waals surface area contributed by atoms with E-state index in [1.54, 1.807) is 24.3 Å². The van der Waals surface area contributed by atoms with Gasteiger partial charge in [0.25, 0.3) is 0 Å². The molecule has 0 radical (unpaired) electrons. The van der Waals surface area contributed by atoms with Crippen LogP contribution in [-0.4, -0.2) is 79.1 Å². The van der Waals surface area contributed by atoms with Crippen molar-refractivity contribution in [2.45, 2.75) is 90.8 Å². The topological polar surface area (TPSA) is 130 Å².